The molecule has 4 nitrogen and oxygen atoms in total. The normalized spacial score (nSPS) is 13.6. The van der Waals surface area contributed by atoms with Crippen LogP contribution in [0.3, 0.4) is 0 Å². The fraction of sp³-hybridized carbons (Fsp3) is 0.357. The van der Waals surface area contributed by atoms with Gasteiger partial charge in [0.05, 0.1) is 13.7 Å². The van der Waals surface area contributed by atoms with Crippen LogP contribution in [0.15, 0.2) is 23.8 Å². The molecular formula is C14H17NO3. The highest BCUT2D eigenvalue weighted by atomic mass is 16.5. The van der Waals surface area contributed by atoms with Gasteiger partial charge in [0.25, 0.3) is 0 Å². The van der Waals surface area contributed by atoms with Crippen molar-refractivity contribution in [2.75, 3.05) is 13.7 Å². The maximum atomic E-state index is 11.0. The summed E-state index contributed by atoms with van der Waals surface area (Å²) in [6.45, 7) is 1.62. The molecule has 0 atom stereocenters. The van der Waals surface area contributed by atoms with Crippen LogP contribution < -0.4 is 4.74 Å². The van der Waals surface area contributed by atoms with Crippen LogP contribution >= 0.6 is 0 Å². The number of ether oxygens (including phenoxy) is 1. The first kappa shape index (κ1) is 12.6. The third kappa shape index (κ3) is 2.54. The molecule has 0 aromatic heterocycles. The number of rotatable bonds is 3. The Balaban J connectivity index is 2.23. The second-order valence-electron chi connectivity index (χ2n) is 4.41. The second kappa shape index (κ2) is 5.23. The van der Waals surface area contributed by atoms with Crippen molar-refractivity contribution in [2.45, 2.75) is 19.8 Å². The molecule has 0 heterocycles. The predicted octanol–water partition coefficient (Wildman–Crippen LogP) is 2.26. The van der Waals surface area contributed by atoms with Crippen LogP contribution in [0.25, 0.3) is 6.08 Å². The molecule has 0 aliphatic heterocycles. The Labute approximate surface area is 106 Å². The van der Waals surface area contributed by atoms with Crippen molar-refractivity contribution < 1.29 is 14.7 Å². The predicted molar refractivity (Wildman–Crippen MR) is 68.5 cm³/mol. The van der Waals surface area contributed by atoms with Crippen molar-refractivity contribution in [3.05, 3.63) is 34.9 Å². The van der Waals surface area contributed by atoms with E-state index in [1.807, 2.05) is 24.3 Å². The van der Waals surface area contributed by atoms with Crippen LogP contribution in [0.5, 0.6) is 5.75 Å². The van der Waals surface area contributed by atoms with Gasteiger partial charge in [-0.2, -0.15) is 0 Å². The molecule has 18 heavy (non-hydrogen) atoms. The van der Waals surface area contributed by atoms with E-state index in [0.717, 1.165) is 34.8 Å². The quantitative estimate of drug-likeness (QED) is 0.658. The average Bonchev–Trinajstić information content (AvgIpc) is 2.37. The lowest BCUT2D eigenvalue weighted by atomic mass is 9.91. The third-order valence-corrected chi connectivity index (χ3v) is 3.16. The topological polar surface area (TPSA) is 49.8 Å². The van der Waals surface area contributed by atoms with Gasteiger partial charge in [-0.3, -0.25) is 10.0 Å². The number of nitrogens with zero attached hydrogens (tertiary/aromatic N) is 1. The molecule has 0 bridgehead atoms. The number of amides is 1. The van der Waals surface area contributed by atoms with Crippen molar-refractivity contribution in [2.24, 2.45) is 0 Å². The molecular weight excluding hydrogens is 230 g/mol. The zero-order valence-corrected chi connectivity index (χ0v) is 10.6. The van der Waals surface area contributed by atoms with Crippen molar-refractivity contribution in [3.8, 4) is 5.75 Å². The van der Waals surface area contributed by atoms with Crippen molar-refractivity contribution in [1.82, 2.24) is 5.06 Å². The SMILES string of the molecule is COc1cccc2c1CCC(CN(O)C(C)=O)=C2. The summed E-state index contributed by atoms with van der Waals surface area (Å²) in [5.74, 6) is 0.558. The van der Waals surface area contributed by atoms with Gasteiger partial charge >= 0.3 is 0 Å². The van der Waals surface area contributed by atoms with Gasteiger partial charge < -0.3 is 4.74 Å². The standard InChI is InChI=1S/C14H17NO3/c1-10(16)15(17)9-11-6-7-13-12(8-11)4-3-5-14(13)18-2/h3-5,8,17H,6-7,9H2,1-2H3. The van der Waals surface area contributed by atoms with Crippen molar-refractivity contribution in [3.63, 3.8) is 0 Å². The summed E-state index contributed by atoms with van der Waals surface area (Å²) in [6, 6.07) is 5.91. The number of carbonyl (C=O) groups is 1. The molecule has 0 radical (unpaired) electrons. The first-order valence-electron chi connectivity index (χ1n) is 5.94. The van der Waals surface area contributed by atoms with Gasteiger partial charge in [0, 0.05) is 12.5 Å². The highest BCUT2D eigenvalue weighted by Crippen LogP contribution is 2.31. The summed E-state index contributed by atoms with van der Waals surface area (Å²) in [7, 11) is 1.67. The smallest absolute Gasteiger partial charge is 0.243 e. The van der Waals surface area contributed by atoms with Gasteiger partial charge in [-0.05, 0) is 30.0 Å². The molecule has 1 aliphatic rings. The molecule has 0 saturated heterocycles. The molecule has 96 valence electrons. The van der Waals surface area contributed by atoms with E-state index in [-0.39, 0.29) is 12.5 Å². The van der Waals surface area contributed by atoms with E-state index in [4.69, 9.17) is 4.74 Å². The monoisotopic (exact) mass is 247 g/mol. The number of benzene rings is 1. The number of methoxy groups -OCH3 is 1. The number of carbonyl (C=O) groups excluding carboxylic acids is 1. The van der Waals surface area contributed by atoms with Crippen LogP contribution in [0, 0.1) is 0 Å². The molecule has 0 unspecified atom stereocenters. The molecule has 1 N–H and O–H groups in total. The fourth-order valence-corrected chi connectivity index (χ4v) is 2.18. The summed E-state index contributed by atoms with van der Waals surface area (Å²) in [4.78, 5) is 11.0. The Morgan fingerprint density at radius 2 is 2.22 bits per heavy atom. The maximum absolute atomic E-state index is 11.0. The van der Waals surface area contributed by atoms with Crippen LogP contribution in [-0.4, -0.2) is 29.8 Å². The van der Waals surface area contributed by atoms with E-state index in [9.17, 15) is 10.0 Å². The summed E-state index contributed by atoms with van der Waals surface area (Å²) >= 11 is 0. The zero-order valence-electron chi connectivity index (χ0n) is 10.6. The lowest BCUT2D eigenvalue weighted by Crippen LogP contribution is -2.27. The molecule has 0 spiro atoms. The van der Waals surface area contributed by atoms with Gasteiger partial charge in [-0.1, -0.05) is 18.2 Å². The van der Waals surface area contributed by atoms with Crippen LogP contribution in [0.4, 0.5) is 0 Å². The average molecular weight is 247 g/mol. The number of hydroxylamine groups is 2. The molecule has 1 amide bonds. The molecule has 1 aromatic carbocycles. The van der Waals surface area contributed by atoms with Crippen molar-refractivity contribution in [1.29, 1.82) is 0 Å². The molecule has 1 aromatic rings. The molecule has 4 heteroatoms. The van der Waals surface area contributed by atoms with E-state index >= 15 is 0 Å². The van der Waals surface area contributed by atoms with E-state index in [1.165, 1.54) is 12.5 Å². The summed E-state index contributed by atoms with van der Waals surface area (Å²) in [5.41, 5.74) is 3.34. The van der Waals surface area contributed by atoms with Gasteiger partial charge in [0.15, 0.2) is 0 Å². The fourth-order valence-electron chi connectivity index (χ4n) is 2.18. The highest BCUT2D eigenvalue weighted by molar-refractivity contribution is 5.72. The Hall–Kier alpha value is -1.81. The van der Waals surface area contributed by atoms with Gasteiger partial charge in [-0.25, -0.2) is 5.06 Å². The van der Waals surface area contributed by atoms with E-state index in [0.29, 0.717) is 0 Å². The largest absolute Gasteiger partial charge is 0.496 e. The minimum atomic E-state index is -0.340. The van der Waals surface area contributed by atoms with Crippen molar-refractivity contribution >= 4 is 12.0 Å². The number of fused-ring (bicyclic) bond motifs is 1. The van der Waals surface area contributed by atoms with E-state index < -0.39 is 0 Å². The number of hydrogen-bond donors (Lipinski definition) is 1. The van der Waals surface area contributed by atoms with Crippen LogP contribution in [0.2, 0.25) is 0 Å². The minimum absolute atomic E-state index is 0.270. The lowest BCUT2D eigenvalue weighted by Gasteiger charge is -2.21. The summed E-state index contributed by atoms with van der Waals surface area (Å²) < 4.78 is 5.32. The zero-order chi connectivity index (χ0) is 13.1. The number of hydrogen-bond acceptors (Lipinski definition) is 3. The van der Waals surface area contributed by atoms with E-state index in [1.54, 1.807) is 7.11 Å². The Bertz CT molecular complexity index is 494. The van der Waals surface area contributed by atoms with E-state index in [2.05, 4.69) is 0 Å². The first-order chi connectivity index (χ1) is 8.61. The van der Waals surface area contributed by atoms with Crippen LogP contribution in [-0.2, 0) is 11.2 Å². The summed E-state index contributed by atoms with van der Waals surface area (Å²) in [5, 5.41) is 10.2. The van der Waals surface area contributed by atoms with Gasteiger partial charge in [0.2, 0.25) is 5.91 Å². The van der Waals surface area contributed by atoms with Crippen LogP contribution in [0.1, 0.15) is 24.5 Å². The van der Waals surface area contributed by atoms with Gasteiger partial charge in [0.1, 0.15) is 5.75 Å². The highest BCUT2D eigenvalue weighted by Gasteiger charge is 2.16. The maximum Gasteiger partial charge on any atom is 0.243 e. The first-order valence-corrected chi connectivity index (χ1v) is 5.94. The Morgan fingerprint density at radius 1 is 1.44 bits per heavy atom. The molecule has 2 rings (SSSR count). The van der Waals surface area contributed by atoms with Gasteiger partial charge in [-0.15, -0.1) is 0 Å². The molecule has 0 fully saturated rings. The Kier molecular flexibility index (Phi) is 3.67. The second-order valence-corrected chi connectivity index (χ2v) is 4.41. The Morgan fingerprint density at radius 3 is 2.89 bits per heavy atom. The molecule has 0 saturated carbocycles. The molecule has 1 aliphatic carbocycles. The lowest BCUT2D eigenvalue weighted by molar-refractivity contribution is -0.160. The minimum Gasteiger partial charge on any atom is -0.496 e. The summed E-state index contributed by atoms with van der Waals surface area (Å²) in [6.07, 6.45) is 3.72. The third-order valence-electron chi connectivity index (χ3n) is 3.16.